The number of hydrogen-bond donors (Lipinski definition) is 2. The van der Waals surface area contributed by atoms with E-state index in [1.165, 1.54) is 0 Å². The van der Waals surface area contributed by atoms with Crippen molar-refractivity contribution in [2.45, 2.75) is 13.8 Å². The van der Waals surface area contributed by atoms with Crippen LogP contribution in [0.2, 0.25) is 0 Å². The normalized spacial score (nSPS) is 11.1. The van der Waals surface area contributed by atoms with Gasteiger partial charge in [-0.2, -0.15) is 5.10 Å². The molecule has 5 nitrogen and oxygen atoms in total. The molecule has 0 atom stereocenters. The van der Waals surface area contributed by atoms with Crippen LogP contribution in [0.4, 0.5) is 5.69 Å². The first-order valence-electron chi connectivity index (χ1n) is 6.93. The summed E-state index contributed by atoms with van der Waals surface area (Å²) >= 11 is 0. The number of nitrogen functional groups attached to an aromatic ring is 1. The van der Waals surface area contributed by atoms with Crippen LogP contribution in [0.5, 0.6) is 5.75 Å². The number of carbonyl (C=O) groups excluding carboxylic acids is 1. The zero-order valence-electron chi connectivity index (χ0n) is 12.7. The number of nitrogens with one attached hydrogen (secondary N) is 1. The molecule has 5 heteroatoms. The molecule has 0 aromatic heterocycles. The van der Waals surface area contributed by atoms with Gasteiger partial charge in [0.05, 0.1) is 5.71 Å². The molecule has 22 heavy (non-hydrogen) atoms. The molecule has 0 radical (unpaired) electrons. The van der Waals surface area contributed by atoms with Gasteiger partial charge < -0.3 is 10.5 Å². The minimum atomic E-state index is -0.309. The number of amides is 1. The summed E-state index contributed by atoms with van der Waals surface area (Å²) in [5.41, 5.74) is 11.5. The Hall–Kier alpha value is -2.82. The molecule has 0 aliphatic rings. The van der Waals surface area contributed by atoms with E-state index >= 15 is 0 Å². The molecule has 0 saturated carbocycles. The molecule has 0 heterocycles. The Morgan fingerprint density at radius 2 is 1.95 bits per heavy atom. The lowest BCUT2D eigenvalue weighted by molar-refractivity contribution is -0.123. The van der Waals surface area contributed by atoms with Crippen LogP contribution in [0.3, 0.4) is 0 Å². The molecule has 2 aromatic rings. The monoisotopic (exact) mass is 297 g/mol. The largest absolute Gasteiger partial charge is 0.484 e. The van der Waals surface area contributed by atoms with Gasteiger partial charge in [-0.3, -0.25) is 4.79 Å². The average molecular weight is 297 g/mol. The first kappa shape index (κ1) is 15.6. The summed E-state index contributed by atoms with van der Waals surface area (Å²) in [7, 11) is 0. The molecule has 1 amide bonds. The Labute approximate surface area is 129 Å². The van der Waals surface area contributed by atoms with Gasteiger partial charge in [-0.15, -0.1) is 0 Å². The minimum Gasteiger partial charge on any atom is -0.484 e. The second kappa shape index (κ2) is 7.26. The Morgan fingerprint density at radius 3 is 2.64 bits per heavy atom. The van der Waals surface area contributed by atoms with E-state index in [0.717, 1.165) is 11.1 Å². The van der Waals surface area contributed by atoms with Crippen molar-refractivity contribution in [1.82, 2.24) is 5.43 Å². The van der Waals surface area contributed by atoms with Gasteiger partial charge in [0.15, 0.2) is 6.61 Å². The predicted molar refractivity (Wildman–Crippen MR) is 87.9 cm³/mol. The summed E-state index contributed by atoms with van der Waals surface area (Å²) in [5.74, 6) is 0.352. The quantitative estimate of drug-likeness (QED) is 0.506. The number of rotatable bonds is 5. The number of nitrogens with two attached hydrogens (primary N) is 1. The van der Waals surface area contributed by atoms with Crippen LogP contribution in [0, 0.1) is 6.92 Å². The number of aryl methyl sites for hydroxylation is 1. The molecule has 114 valence electrons. The van der Waals surface area contributed by atoms with Gasteiger partial charge in [0, 0.05) is 5.69 Å². The van der Waals surface area contributed by atoms with E-state index in [1.807, 2.05) is 50.2 Å². The number of hydrazone groups is 1. The third-order valence-electron chi connectivity index (χ3n) is 3.04. The van der Waals surface area contributed by atoms with E-state index in [2.05, 4.69) is 10.5 Å². The fraction of sp³-hybridized carbons (Fsp3) is 0.176. The topological polar surface area (TPSA) is 76.7 Å². The lowest BCUT2D eigenvalue weighted by atomic mass is 10.1. The maximum absolute atomic E-state index is 11.7. The van der Waals surface area contributed by atoms with E-state index < -0.39 is 0 Å². The van der Waals surface area contributed by atoms with Crippen LogP contribution in [-0.4, -0.2) is 18.2 Å². The summed E-state index contributed by atoms with van der Waals surface area (Å²) in [4.78, 5) is 11.7. The maximum atomic E-state index is 11.7. The van der Waals surface area contributed by atoms with E-state index in [4.69, 9.17) is 10.5 Å². The van der Waals surface area contributed by atoms with Crippen LogP contribution in [0.1, 0.15) is 18.1 Å². The second-order valence-electron chi connectivity index (χ2n) is 4.96. The van der Waals surface area contributed by atoms with Crippen molar-refractivity contribution in [2.75, 3.05) is 12.3 Å². The molecule has 0 fully saturated rings. The van der Waals surface area contributed by atoms with Crippen LogP contribution in [0.15, 0.2) is 53.6 Å². The highest BCUT2D eigenvalue weighted by molar-refractivity contribution is 5.99. The molecule has 0 aliphatic heterocycles. The molecule has 0 unspecified atom stereocenters. The van der Waals surface area contributed by atoms with Crippen molar-refractivity contribution < 1.29 is 9.53 Å². The zero-order valence-corrected chi connectivity index (χ0v) is 12.7. The zero-order chi connectivity index (χ0) is 15.9. The standard InChI is InChI=1S/C17H19N3O2/c1-12-4-3-5-16(10-12)22-11-17(21)20-19-13(2)14-6-8-15(18)9-7-14/h3-10H,11,18H2,1-2H3,(H,20,21)/b19-13-. The summed E-state index contributed by atoms with van der Waals surface area (Å²) in [6.45, 7) is 3.70. The van der Waals surface area contributed by atoms with Crippen LogP contribution in [0.25, 0.3) is 0 Å². The van der Waals surface area contributed by atoms with Gasteiger partial charge in [-0.1, -0.05) is 24.3 Å². The van der Waals surface area contributed by atoms with Gasteiger partial charge in [-0.05, 0) is 49.2 Å². The summed E-state index contributed by atoms with van der Waals surface area (Å²) < 4.78 is 5.40. The molecule has 0 spiro atoms. The molecular weight excluding hydrogens is 278 g/mol. The number of carbonyl (C=O) groups is 1. The van der Waals surface area contributed by atoms with Crippen LogP contribution < -0.4 is 15.9 Å². The Bertz CT molecular complexity index is 679. The highest BCUT2D eigenvalue weighted by Gasteiger charge is 2.03. The number of hydrogen-bond acceptors (Lipinski definition) is 4. The van der Waals surface area contributed by atoms with Crippen molar-refractivity contribution in [3.63, 3.8) is 0 Å². The fourth-order valence-electron chi connectivity index (χ4n) is 1.82. The van der Waals surface area contributed by atoms with E-state index in [0.29, 0.717) is 17.1 Å². The van der Waals surface area contributed by atoms with Crippen LogP contribution in [-0.2, 0) is 4.79 Å². The fourth-order valence-corrected chi connectivity index (χ4v) is 1.82. The molecule has 2 aromatic carbocycles. The van der Waals surface area contributed by atoms with Crippen molar-refractivity contribution in [2.24, 2.45) is 5.10 Å². The number of benzene rings is 2. The Morgan fingerprint density at radius 1 is 1.23 bits per heavy atom. The lowest BCUT2D eigenvalue weighted by Crippen LogP contribution is -2.25. The summed E-state index contributed by atoms with van der Waals surface area (Å²) in [6, 6.07) is 14.8. The molecule has 0 aliphatic carbocycles. The van der Waals surface area contributed by atoms with Crippen molar-refractivity contribution >= 4 is 17.3 Å². The third kappa shape index (κ3) is 4.63. The van der Waals surface area contributed by atoms with Gasteiger partial charge in [0.1, 0.15) is 5.75 Å². The van der Waals surface area contributed by atoms with E-state index in [9.17, 15) is 4.79 Å². The van der Waals surface area contributed by atoms with Crippen molar-refractivity contribution in [3.05, 3.63) is 59.7 Å². The molecule has 0 saturated heterocycles. The predicted octanol–water partition coefficient (Wildman–Crippen LogP) is 2.50. The first-order chi connectivity index (χ1) is 10.5. The smallest absolute Gasteiger partial charge is 0.277 e. The molecule has 3 N–H and O–H groups in total. The van der Waals surface area contributed by atoms with Gasteiger partial charge >= 0.3 is 0 Å². The summed E-state index contributed by atoms with van der Waals surface area (Å²) in [5, 5.41) is 4.05. The molecular formula is C17H19N3O2. The Balaban J connectivity index is 1.86. The number of nitrogens with zero attached hydrogens (tertiary/aromatic N) is 1. The maximum Gasteiger partial charge on any atom is 0.277 e. The minimum absolute atomic E-state index is 0.0814. The van der Waals surface area contributed by atoms with E-state index in [1.54, 1.807) is 12.1 Å². The number of anilines is 1. The highest BCUT2D eigenvalue weighted by atomic mass is 16.5. The molecule has 0 bridgehead atoms. The van der Waals surface area contributed by atoms with Crippen molar-refractivity contribution in [3.8, 4) is 5.75 Å². The highest BCUT2D eigenvalue weighted by Crippen LogP contribution is 2.12. The number of ether oxygens (including phenoxy) is 1. The second-order valence-corrected chi connectivity index (χ2v) is 4.96. The first-order valence-corrected chi connectivity index (χ1v) is 6.93. The third-order valence-corrected chi connectivity index (χ3v) is 3.04. The lowest BCUT2D eigenvalue weighted by Gasteiger charge is -2.06. The van der Waals surface area contributed by atoms with E-state index in [-0.39, 0.29) is 12.5 Å². The van der Waals surface area contributed by atoms with Gasteiger partial charge in [-0.25, -0.2) is 5.43 Å². The van der Waals surface area contributed by atoms with Gasteiger partial charge in [0.2, 0.25) is 0 Å². The summed E-state index contributed by atoms with van der Waals surface area (Å²) in [6.07, 6.45) is 0. The average Bonchev–Trinajstić information content (AvgIpc) is 2.51. The Kier molecular flexibility index (Phi) is 5.14. The van der Waals surface area contributed by atoms with Gasteiger partial charge in [0.25, 0.3) is 5.91 Å². The molecule has 2 rings (SSSR count). The van der Waals surface area contributed by atoms with Crippen molar-refractivity contribution in [1.29, 1.82) is 0 Å². The SMILES string of the molecule is C/C(=N/NC(=O)COc1cccc(C)c1)c1ccc(N)cc1. The van der Waals surface area contributed by atoms with Crippen LogP contribution >= 0.6 is 0 Å².